The number of nitrogens with zero attached hydrogens (tertiary/aromatic N) is 2. The highest BCUT2D eigenvalue weighted by molar-refractivity contribution is 5.53. The lowest BCUT2D eigenvalue weighted by Crippen LogP contribution is -2.58. The van der Waals surface area contributed by atoms with Crippen LogP contribution in [0.3, 0.4) is 0 Å². The van der Waals surface area contributed by atoms with Gasteiger partial charge in [0.2, 0.25) is 5.67 Å². The van der Waals surface area contributed by atoms with Crippen molar-refractivity contribution in [3.63, 3.8) is 0 Å². The Hall–Kier alpha value is -2.41. The number of pyridine rings is 1. The molecule has 0 spiro atoms. The molecule has 1 aliphatic rings. The van der Waals surface area contributed by atoms with Gasteiger partial charge in [-0.05, 0) is 36.3 Å². The third-order valence-electron chi connectivity index (χ3n) is 3.14. The summed E-state index contributed by atoms with van der Waals surface area (Å²) in [6.45, 7) is 0.298. The second-order valence-corrected chi connectivity index (χ2v) is 4.77. The number of anilines is 1. The normalized spacial score (nSPS) is 16.0. The van der Waals surface area contributed by atoms with E-state index in [0.717, 1.165) is 0 Å². The smallest absolute Gasteiger partial charge is 0.205 e. The molecule has 1 saturated heterocycles. The molecule has 2 aromatic rings. The van der Waals surface area contributed by atoms with Gasteiger partial charge in [-0.2, -0.15) is 0 Å². The van der Waals surface area contributed by atoms with E-state index in [4.69, 9.17) is 0 Å². The van der Waals surface area contributed by atoms with Gasteiger partial charge in [0.1, 0.15) is 11.5 Å². The molecule has 0 bridgehead atoms. The summed E-state index contributed by atoms with van der Waals surface area (Å²) in [5.74, 6) is 5.02. The molecule has 4 heteroatoms. The van der Waals surface area contributed by atoms with Crippen molar-refractivity contribution in [1.82, 2.24) is 4.98 Å². The van der Waals surface area contributed by atoms with Crippen LogP contribution in [0.25, 0.3) is 0 Å². The first-order valence-corrected chi connectivity index (χ1v) is 6.28. The molecule has 1 aliphatic heterocycles. The van der Waals surface area contributed by atoms with Gasteiger partial charge in [0.05, 0.1) is 13.1 Å². The van der Waals surface area contributed by atoms with E-state index in [1.165, 1.54) is 12.1 Å². The van der Waals surface area contributed by atoms with E-state index in [9.17, 15) is 8.78 Å². The number of rotatable bonds is 1. The average molecular weight is 270 g/mol. The fourth-order valence-electron chi connectivity index (χ4n) is 2.11. The fraction of sp³-hybridized carbons (Fsp3) is 0.188. The molecule has 0 aliphatic carbocycles. The number of benzene rings is 1. The van der Waals surface area contributed by atoms with E-state index in [0.29, 0.717) is 11.4 Å². The van der Waals surface area contributed by atoms with Crippen molar-refractivity contribution in [3.8, 4) is 11.8 Å². The van der Waals surface area contributed by atoms with E-state index < -0.39 is 5.67 Å². The Balaban J connectivity index is 1.69. The van der Waals surface area contributed by atoms with Crippen molar-refractivity contribution in [2.45, 2.75) is 5.67 Å². The average Bonchev–Trinajstić information content (AvgIpc) is 2.43. The Morgan fingerprint density at radius 3 is 2.70 bits per heavy atom. The Morgan fingerprint density at radius 2 is 2.00 bits per heavy atom. The number of hydrogen-bond donors (Lipinski definition) is 0. The van der Waals surface area contributed by atoms with Gasteiger partial charge in [-0.25, -0.2) is 13.8 Å². The zero-order chi connectivity index (χ0) is 14.0. The van der Waals surface area contributed by atoms with E-state index in [1.54, 1.807) is 35.4 Å². The summed E-state index contributed by atoms with van der Waals surface area (Å²) in [6.07, 6.45) is 1.62. The quantitative estimate of drug-likeness (QED) is 0.741. The Kier molecular flexibility index (Phi) is 3.11. The maximum Gasteiger partial charge on any atom is 0.205 e. The second kappa shape index (κ2) is 4.93. The molecule has 0 radical (unpaired) electrons. The standard InChI is InChI=1S/C16H12F2N2/c17-13-4-3-6-15(10-13)20-11-16(18,12-20)8-7-14-5-1-2-9-19-14/h1-6,9-10H,11-12H2. The number of halogens is 2. The van der Waals surface area contributed by atoms with Gasteiger partial charge in [0.15, 0.2) is 0 Å². The molecule has 1 aromatic heterocycles. The van der Waals surface area contributed by atoms with Crippen LogP contribution < -0.4 is 4.90 Å². The van der Waals surface area contributed by atoms with Gasteiger partial charge in [0.25, 0.3) is 0 Å². The summed E-state index contributed by atoms with van der Waals surface area (Å²) in [6, 6.07) is 11.5. The highest BCUT2D eigenvalue weighted by Gasteiger charge is 2.42. The zero-order valence-electron chi connectivity index (χ0n) is 10.7. The molecule has 2 heterocycles. The fourth-order valence-corrected chi connectivity index (χ4v) is 2.11. The minimum atomic E-state index is -1.55. The van der Waals surface area contributed by atoms with Gasteiger partial charge in [-0.1, -0.05) is 18.1 Å². The van der Waals surface area contributed by atoms with E-state index >= 15 is 0 Å². The first-order chi connectivity index (χ1) is 9.65. The van der Waals surface area contributed by atoms with E-state index in [2.05, 4.69) is 16.8 Å². The van der Waals surface area contributed by atoms with Crippen LogP contribution in [0.15, 0.2) is 48.7 Å². The molecule has 0 N–H and O–H groups in total. The van der Waals surface area contributed by atoms with Crippen LogP contribution >= 0.6 is 0 Å². The van der Waals surface area contributed by atoms with Crippen molar-refractivity contribution < 1.29 is 8.78 Å². The first-order valence-electron chi connectivity index (χ1n) is 6.28. The minimum Gasteiger partial charge on any atom is -0.363 e. The lowest BCUT2D eigenvalue weighted by atomic mass is 9.96. The summed E-state index contributed by atoms with van der Waals surface area (Å²) >= 11 is 0. The molecule has 0 saturated carbocycles. The Morgan fingerprint density at radius 1 is 1.15 bits per heavy atom. The third kappa shape index (κ3) is 2.62. The highest BCUT2D eigenvalue weighted by atomic mass is 19.1. The first kappa shape index (κ1) is 12.6. The van der Waals surface area contributed by atoms with Crippen LogP contribution in [0.5, 0.6) is 0 Å². The van der Waals surface area contributed by atoms with Gasteiger partial charge in [-0.15, -0.1) is 0 Å². The molecule has 2 nitrogen and oxygen atoms in total. The molecule has 3 rings (SSSR count). The molecular formula is C16H12F2N2. The largest absolute Gasteiger partial charge is 0.363 e. The SMILES string of the molecule is Fc1cccc(N2CC(F)(C#Cc3ccccn3)C2)c1. The zero-order valence-corrected chi connectivity index (χ0v) is 10.7. The van der Waals surface area contributed by atoms with E-state index in [-0.39, 0.29) is 18.9 Å². The van der Waals surface area contributed by atoms with Crippen LogP contribution in [0.4, 0.5) is 14.5 Å². The summed E-state index contributed by atoms with van der Waals surface area (Å²) in [5.41, 5.74) is -0.323. The Labute approximate surface area is 116 Å². The topological polar surface area (TPSA) is 16.1 Å². The molecular weight excluding hydrogens is 258 g/mol. The number of alkyl halides is 1. The summed E-state index contributed by atoms with van der Waals surface area (Å²) < 4.78 is 27.4. The summed E-state index contributed by atoms with van der Waals surface area (Å²) in [7, 11) is 0. The predicted octanol–water partition coefficient (Wildman–Crippen LogP) is 2.80. The minimum absolute atomic E-state index is 0.149. The maximum atomic E-state index is 14.3. The lowest BCUT2D eigenvalue weighted by Gasteiger charge is -2.42. The van der Waals surface area contributed by atoms with Crippen LogP contribution in [0, 0.1) is 17.7 Å². The number of hydrogen-bond acceptors (Lipinski definition) is 2. The van der Waals surface area contributed by atoms with Crippen LogP contribution in [-0.2, 0) is 0 Å². The van der Waals surface area contributed by atoms with Crippen molar-refractivity contribution >= 4 is 5.69 Å². The van der Waals surface area contributed by atoms with Crippen molar-refractivity contribution in [1.29, 1.82) is 0 Å². The van der Waals surface area contributed by atoms with Gasteiger partial charge < -0.3 is 4.90 Å². The number of aromatic nitrogens is 1. The van der Waals surface area contributed by atoms with Gasteiger partial charge in [0, 0.05) is 11.9 Å². The molecule has 0 unspecified atom stereocenters. The van der Waals surface area contributed by atoms with Gasteiger partial charge >= 0.3 is 0 Å². The third-order valence-corrected chi connectivity index (χ3v) is 3.14. The molecule has 0 amide bonds. The van der Waals surface area contributed by atoms with Gasteiger partial charge in [-0.3, -0.25) is 0 Å². The Bertz CT molecular complexity index is 668. The van der Waals surface area contributed by atoms with Crippen molar-refractivity contribution in [2.24, 2.45) is 0 Å². The summed E-state index contributed by atoms with van der Waals surface area (Å²) in [5, 5.41) is 0. The summed E-state index contributed by atoms with van der Waals surface area (Å²) in [4.78, 5) is 5.79. The van der Waals surface area contributed by atoms with E-state index in [1.807, 2.05) is 6.07 Å². The predicted molar refractivity (Wildman–Crippen MR) is 73.6 cm³/mol. The van der Waals surface area contributed by atoms with Crippen LogP contribution in [0.1, 0.15) is 5.69 Å². The lowest BCUT2D eigenvalue weighted by molar-refractivity contribution is 0.192. The monoisotopic (exact) mass is 270 g/mol. The van der Waals surface area contributed by atoms with Crippen molar-refractivity contribution in [2.75, 3.05) is 18.0 Å². The molecule has 100 valence electrons. The molecule has 20 heavy (non-hydrogen) atoms. The molecule has 0 atom stereocenters. The molecule has 1 aromatic carbocycles. The maximum absolute atomic E-state index is 14.3. The molecule has 1 fully saturated rings. The second-order valence-electron chi connectivity index (χ2n) is 4.77. The van der Waals surface area contributed by atoms with Crippen molar-refractivity contribution in [3.05, 3.63) is 60.2 Å². The highest BCUT2D eigenvalue weighted by Crippen LogP contribution is 2.30. The van der Waals surface area contributed by atoms with Crippen LogP contribution in [-0.4, -0.2) is 23.7 Å². The van der Waals surface area contributed by atoms with Crippen LogP contribution in [0.2, 0.25) is 0 Å².